The molecule has 39 heavy (non-hydrogen) atoms. The lowest BCUT2D eigenvalue weighted by Gasteiger charge is -2.23. The van der Waals surface area contributed by atoms with Gasteiger partial charge in [-0.1, -0.05) is 55.5 Å². The number of aliphatic hydroxyl groups excluding tert-OH is 1. The Morgan fingerprint density at radius 3 is 2.49 bits per heavy atom. The molecule has 6 atom stereocenters. The Labute approximate surface area is 233 Å². The quantitative estimate of drug-likeness (QED) is 0.253. The van der Waals surface area contributed by atoms with Gasteiger partial charge in [0.05, 0.1) is 12.6 Å². The standard InChI is InChI=1S/C34H43NO4/c1-3-4-11-25(2)16-17-31(36)34-30-21-27(20-28(30)22-32(34)37)18-19-39-24-33(38)35(29-14-9-6-10-15-29)23-26-12-7-5-8-13-26/h5-10,12-15,25,27-28,30,32,34,37H,11,16-24H2,1-2H3/t25?,27-,28-,30+,32+,34-/m0/s1. The Bertz CT molecular complexity index is 1120. The van der Waals surface area contributed by atoms with Crippen molar-refractivity contribution in [3.8, 4) is 11.8 Å². The van der Waals surface area contributed by atoms with Gasteiger partial charge in [0.1, 0.15) is 12.4 Å². The van der Waals surface area contributed by atoms with Crippen LogP contribution in [-0.4, -0.2) is 36.1 Å². The van der Waals surface area contributed by atoms with E-state index < -0.39 is 6.10 Å². The maximum absolute atomic E-state index is 13.2. The Morgan fingerprint density at radius 1 is 1.05 bits per heavy atom. The van der Waals surface area contributed by atoms with Crippen LogP contribution in [0.4, 0.5) is 5.69 Å². The molecule has 1 N–H and O–H groups in total. The largest absolute Gasteiger partial charge is 0.392 e. The molecule has 0 bridgehead atoms. The molecule has 2 aromatic rings. The first-order valence-corrected chi connectivity index (χ1v) is 14.5. The molecule has 1 amide bonds. The van der Waals surface area contributed by atoms with Crippen molar-refractivity contribution >= 4 is 17.4 Å². The fourth-order valence-electron chi connectivity index (χ4n) is 6.54. The minimum absolute atomic E-state index is 0.0434. The molecule has 0 spiro atoms. The first-order chi connectivity index (χ1) is 19.0. The third kappa shape index (κ3) is 8.03. The first-order valence-electron chi connectivity index (χ1n) is 14.5. The highest BCUT2D eigenvalue weighted by atomic mass is 16.5. The molecule has 0 saturated heterocycles. The number of amides is 1. The van der Waals surface area contributed by atoms with Gasteiger partial charge in [-0.05, 0) is 80.4 Å². The topological polar surface area (TPSA) is 66.8 Å². The number of carbonyl (C=O) groups is 2. The molecule has 2 saturated carbocycles. The lowest BCUT2D eigenvalue weighted by molar-refractivity contribution is -0.127. The average molecular weight is 530 g/mol. The molecule has 0 radical (unpaired) electrons. The van der Waals surface area contributed by atoms with Crippen molar-refractivity contribution < 1.29 is 19.4 Å². The van der Waals surface area contributed by atoms with E-state index >= 15 is 0 Å². The summed E-state index contributed by atoms with van der Waals surface area (Å²) in [7, 11) is 0. The van der Waals surface area contributed by atoms with E-state index in [0.717, 1.165) is 49.8 Å². The zero-order chi connectivity index (χ0) is 27.6. The second-order valence-electron chi connectivity index (χ2n) is 11.5. The van der Waals surface area contributed by atoms with Gasteiger partial charge in [0.15, 0.2) is 0 Å². The van der Waals surface area contributed by atoms with Gasteiger partial charge >= 0.3 is 0 Å². The van der Waals surface area contributed by atoms with Crippen molar-refractivity contribution in [1.29, 1.82) is 0 Å². The van der Waals surface area contributed by atoms with Crippen LogP contribution in [0.25, 0.3) is 0 Å². The summed E-state index contributed by atoms with van der Waals surface area (Å²) in [6, 6.07) is 19.7. The van der Waals surface area contributed by atoms with Gasteiger partial charge in [0.25, 0.3) is 5.91 Å². The predicted molar refractivity (Wildman–Crippen MR) is 155 cm³/mol. The van der Waals surface area contributed by atoms with Crippen LogP contribution in [0.1, 0.15) is 64.4 Å². The summed E-state index contributed by atoms with van der Waals surface area (Å²) in [6.07, 6.45) is 5.32. The second kappa shape index (κ2) is 14.4. The zero-order valence-corrected chi connectivity index (χ0v) is 23.4. The van der Waals surface area contributed by atoms with Crippen LogP contribution in [0.5, 0.6) is 0 Å². The first kappa shape index (κ1) is 29.1. The van der Waals surface area contributed by atoms with Crippen LogP contribution in [0.2, 0.25) is 0 Å². The van der Waals surface area contributed by atoms with E-state index in [1.807, 2.05) is 67.6 Å². The molecule has 2 aromatic carbocycles. The number of rotatable bonds is 13. The number of ether oxygens (including phenoxy) is 1. The summed E-state index contributed by atoms with van der Waals surface area (Å²) < 4.78 is 5.89. The minimum Gasteiger partial charge on any atom is -0.392 e. The number of fused-ring (bicyclic) bond motifs is 1. The smallest absolute Gasteiger partial charge is 0.253 e. The average Bonchev–Trinajstić information content (AvgIpc) is 3.48. The maximum Gasteiger partial charge on any atom is 0.253 e. The van der Waals surface area contributed by atoms with E-state index in [-0.39, 0.29) is 30.1 Å². The number of aliphatic hydroxyl groups is 1. The van der Waals surface area contributed by atoms with E-state index in [9.17, 15) is 14.7 Å². The Hall–Kier alpha value is -2.94. The van der Waals surface area contributed by atoms with E-state index in [2.05, 4.69) is 18.8 Å². The number of Topliss-reactive ketones (excluding diaryl/α,β-unsaturated/α-hetero) is 1. The Morgan fingerprint density at radius 2 is 1.77 bits per heavy atom. The molecular weight excluding hydrogens is 486 g/mol. The van der Waals surface area contributed by atoms with Crippen molar-refractivity contribution in [2.75, 3.05) is 18.1 Å². The van der Waals surface area contributed by atoms with Crippen molar-refractivity contribution in [3.05, 3.63) is 66.2 Å². The summed E-state index contributed by atoms with van der Waals surface area (Å²) in [5.41, 5.74) is 1.93. The fourth-order valence-corrected chi connectivity index (χ4v) is 6.54. The van der Waals surface area contributed by atoms with Gasteiger partial charge in [-0.2, -0.15) is 0 Å². The predicted octanol–water partition coefficient (Wildman–Crippen LogP) is 6.05. The molecule has 5 nitrogen and oxygen atoms in total. The number of hydrogen-bond acceptors (Lipinski definition) is 4. The lowest BCUT2D eigenvalue weighted by Crippen LogP contribution is -2.33. The van der Waals surface area contributed by atoms with Crippen LogP contribution in [0.15, 0.2) is 60.7 Å². The third-order valence-electron chi connectivity index (χ3n) is 8.60. The van der Waals surface area contributed by atoms with E-state index in [4.69, 9.17) is 4.74 Å². The van der Waals surface area contributed by atoms with Crippen LogP contribution >= 0.6 is 0 Å². The molecule has 4 rings (SSSR count). The van der Waals surface area contributed by atoms with Crippen molar-refractivity contribution in [1.82, 2.24) is 0 Å². The highest BCUT2D eigenvalue weighted by Gasteiger charge is 2.50. The summed E-state index contributed by atoms with van der Waals surface area (Å²) >= 11 is 0. The molecule has 0 aromatic heterocycles. The summed E-state index contributed by atoms with van der Waals surface area (Å²) in [4.78, 5) is 28.0. The Kier molecular flexibility index (Phi) is 10.8. The van der Waals surface area contributed by atoms with Crippen LogP contribution in [-0.2, 0) is 20.9 Å². The number of carbonyl (C=O) groups excluding carboxylic acids is 2. The molecular formula is C34H43NO4. The number of hydrogen-bond donors (Lipinski definition) is 1. The zero-order valence-electron chi connectivity index (χ0n) is 23.4. The van der Waals surface area contributed by atoms with Crippen LogP contribution in [0, 0.1) is 41.4 Å². The summed E-state index contributed by atoms with van der Waals surface area (Å²) in [5, 5.41) is 10.7. The van der Waals surface area contributed by atoms with Crippen molar-refractivity contribution in [2.45, 2.75) is 71.4 Å². The van der Waals surface area contributed by atoms with Crippen LogP contribution < -0.4 is 4.90 Å². The molecule has 2 aliphatic rings. The minimum atomic E-state index is -0.498. The molecule has 2 aliphatic carbocycles. The molecule has 1 unspecified atom stereocenters. The number of para-hydroxylation sites is 1. The summed E-state index contributed by atoms with van der Waals surface area (Å²) in [5.74, 6) is 7.57. The lowest BCUT2D eigenvalue weighted by atomic mass is 9.84. The van der Waals surface area contributed by atoms with Crippen LogP contribution in [0.3, 0.4) is 0 Å². The van der Waals surface area contributed by atoms with Gasteiger partial charge in [-0.15, -0.1) is 11.8 Å². The number of benzene rings is 2. The molecule has 2 fully saturated rings. The molecule has 0 aliphatic heterocycles. The number of nitrogens with zero attached hydrogens (tertiary/aromatic N) is 1. The normalized spacial score (nSPS) is 24.4. The second-order valence-corrected chi connectivity index (χ2v) is 11.5. The van der Waals surface area contributed by atoms with E-state index in [1.165, 1.54) is 0 Å². The SMILES string of the molecule is CC#CCC(C)CCC(=O)[C@@H]1[C@@H]2C[C@@H](CCOCC(=O)N(Cc3ccccc3)c3ccccc3)C[C@H]2C[C@H]1O. The molecule has 208 valence electrons. The summed E-state index contributed by atoms with van der Waals surface area (Å²) in [6.45, 7) is 5.06. The molecule has 0 heterocycles. The van der Waals surface area contributed by atoms with Crippen molar-refractivity contribution in [3.63, 3.8) is 0 Å². The molecule has 5 heteroatoms. The third-order valence-corrected chi connectivity index (χ3v) is 8.60. The van der Waals surface area contributed by atoms with Gasteiger partial charge in [-0.25, -0.2) is 0 Å². The van der Waals surface area contributed by atoms with Gasteiger partial charge in [-0.3, -0.25) is 9.59 Å². The number of ketones is 1. The Balaban J connectivity index is 1.23. The number of anilines is 1. The maximum atomic E-state index is 13.2. The van der Waals surface area contributed by atoms with Gasteiger partial charge in [0.2, 0.25) is 0 Å². The monoisotopic (exact) mass is 529 g/mol. The van der Waals surface area contributed by atoms with Gasteiger partial charge in [0, 0.05) is 31.1 Å². The highest BCUT2D eigenvalue weighted by molar-refractivity contribution is 5.94. The highest BCUT2D eigenvalue weighted by Crippen LogP contribution is 2.51. The fraction of sp³-hybridized carbons (Fsp3) is 0.529. The van der Waals surface area contributed by atoms with Gasteiger partial charge < -0.3 is 14.7 Å². The van der Waals surface area contributed by atoms with Crippen molar-refractivity contribution in [2.24, 2.45) is 29.6 Å². The van der Waals surface area contributed by atoms with E-state index in [0.29, 0.717) is 37.3 Å². The van der Waals surface area contributed by atoms with E-state index in [1.54, 1.807) is 4.90 Å².